The molecule has 2 aromatic carbocycles. The maximum absolute atomic E-state index is 4.87. The number of nitrogens with zero attached hydrogens (tertiary/aromatic N) is 2. The van der Waals surface area contributed by atoms with Gasteiger partial charge < -0.3 is 0 Å². The van der Waals surface area contributed by atoms with Crippen LogP contribution >= 0.6 is 22.7 Å². The van der Waals surface area contributed by atoms with Gasteiger partial charge in [-0.25, -0.2) is 9.97 Å². The highest BCUT2D eigenvalue weighted by Gasteiger charge is 2.12. The monoisotopic (exact) mass is 292 g/mol. The molecular formula is C16H8N2S2. The average molecular weight is 292 g/mol. The van der Waals surface area contributed by atoms with Crippen LogP contribution in [0.4, 0.5) is 0 Å². The first-order valence-electron chi connectivity index (χ1n) is 6.37. The van der Waals surface area contributed by atoms with Crippen LogP contribution in [0, 0.1) is 0 Å². The van der Waals surface area contributed by atoms with Crippen molar-refractivity contribution in [2.45, 2.75) is 0 Å². The Morgan fingerprint density at radius 1 is 0.600 bits per heavy atom. The molecule has 0 saturated heterocycles. The first-order valence-corrected chi connectivity index (χ1v) is 8.00. The van der Waals surface area contributed by atoms with Crippen molar-refractivity contribution >= 4 is 63.5 Å². The van der Waals surface area contributed by atoms with Gasteiger partial charge in [0, 0.05) is 20.2 Å². The zero-order chi connectivity index (χ0) is 13.1. The second-order valence-electron chi connectivity index (χ2n) is 4.73. The van der Waals surface area contributed by atoms with E-state index in [0.717, 1.165) is 20.7 Å². The van der Waals surface area contributed by atoms with E-state index < -0.39 is 0 Å². The summed E-state index contributed by atoms with van der Waals surface area (Å²) in [7, 11) is 0. The molecule has 5 rings (SSSR count). The second-order valence-corrected chi connectivity index (χ2v) is 6.79. The molecule has 3 aromatic heterocycles. The highest BCUT2D eigenvalue weighted by molar-refractivity contribution is 7.26. The topological polar surface area (TPSA) is 25.8 Å². The lowest BCUT2D eigenvalue weighted by molar-refractivity contribution is 1.48. The number of hydrogen-bond donors (Lipinski definition) is 0. The molecule has 0 spiro atoms. The minimum absolute atomic E-state index is 1.03. The predicted octanol–water partition coefficient (Wildman–Crippen LogP) is 5.21. The zero-order valence-corrected chi connectivity index (χ0v) is 12.0. The summed E-state index contributed by atoms with van der Waals surface area (Å²) >= 11 is 3.44. The first-order chi connectivity index (χ1) is 9.90. The summed E-state index contributed by atoms with van der Waals surface area (Å²) in [6.07, 6.45) is 0. The molecule has 0 atom stereocenters. The average Bonchev–Trinajstić information content (AvgIpc) is 3.02. The maximum Gasteiger partial charge on any atom is 0.143 e. The molecule has 0 bridgehead atoms. The molecule has 94 valence electrons. The third-order valence-corrected chi connectivity index (χ3v) is 5.64. The highest BCUT2D eigenvalue weighted by Crippen LogP contribution is 2.37. The zero-order valence-electron chi connectivity index (χ0n) is 10.3. The second kappa shape index (κ2) is 3.75. The fourth-order valence-electron chi connectivity index (χ4n) is 2.61. The summed E-state index contributed by atoms with van der Waals surface area (Å²) in [6.45, 7) is 0. The Morgan fingerprint density at radius 3 is 1.55 bits per heavy atom. The predicted molar refractivity (Wildman–Crippen MR) is 87.8 cm³/mol. The summed E-state index contributed by atoms with van der Waals surface area (Å²) in [6, 6.07) is 16.8. The molecule has 2 nitrogen and oxygen atoms in total. The SMILES string of the molecule is c1ccc2c(c1)sc1nc3c(nc12)sc1ccccc13. The Kier molecular flexibility index (Phi) is 2.01. The van der Waals surface area contributed by atoms with Gasteiger partial charge in [-0.3, -0.25) is 0 Å². The van der Waals surface area contributed by atoms with Gasteiger partial charge in [0.2, 0.25) is 0 Å². The van der Waals surface area contributed by atoms with Gasteiger partial charge in [-0.15, -0.1) is 22.7 Å². The first kappa shape index (κ1) is 10.7. The minimum Gasteiger partial charge on any atom is -0.232 e. The number of rotatable bonds is 0. The number of hydrogen-bond acceptors (Lipinski definition) is 4. The molecule has 5 aromatic rings. The Bertz CT molecular complexity index is 1010. The van der Waals surface area contributed by atoms with E-state index in [4.69, 9.17) is 9.97 Å². The standard InChI is InChI=1S/C16H8N2S2/c1-3-7-11-9(5-1)13-15(19-11)18-14-10-6-2-4-8-12(10)20-16(14)17-13/h1-8H. The quantitative estimate of drug-likeness (QED) is 0.391. The summed E-state index contributed by atoms with van der Waals surface area (Å²) in [5, 5.41) is 2.42. The van der Waals surface area contributed by atoms with Crippen LogP contribution in [0.5, 0.6) is 0 Å². The van der Waals surface area contributed by atoms with Gasteiger partial charge in [-0.2, -0.15) is 0 Å². The Morgan fingerprint density at radius 2 is 1.05 bits per heavy atom. The lowest BCUT2D eigenvalue weighted by atomic mass is 10.2. The van der Waals surface area contributed by atoms with Crippen molar-refractivity contribution < 1.29 is 0 Å². The van der Waals surface area contributed by atoms with E-state index >= 15 is 0 Å². The summed E-state index contributed by atoms with van der Waals surface area (Å²) in [5.74, 6) is 0. The normalized spacial score (nSPS) is 12.0. The Balaban J connectivity index is 2.05. The van der Waals surface area contributed by atoms with Crippen LogP contribution < -0.4 is 0 Å². The molecule has 0 saturated carbocycles. The lowest BCUT2D eigenvalue weighted by Gasteiger charge is -1.92. The van der Waals surface area contributed by atoms with Crippen LogP contribution in [0.1, 0.15) is 0 Å². The molecule has 0 aliphatic rings. The third kappa shape index (κ3) is 1.32. The molecule has 4 heteroatoms. The smallest absolute Gasteiger partial charge is 0.143 e. The van der Waals surface area contributed by atoms with Crippen molar-refractivity contribution in [2.75, 3.05) is 0 Å². The molecule has 0 N–H and O–H groups in total. The largest absolute Gasteiger partial charge is 0.232 e. The summed E-state index contributed by atoms with van der Waals surface area (Å²) < 4.78 is 2.51. The van der Waals surface area contributed by atoms with Crippen LogP contribution in [0.25, 0.3) is 40.9 Å². The molecule has 0 aliphatic carbocycles. The van der Waals surface area contributed by atoms with E-state index in [1.165, 1.54) is 20.2 Å². The van der Waals surface area contributed by atoms with Gasteiger partial charge in [0.15, 0.2) is 0 Å². The Hall–Kier alpha value is -2.04. The highest BCUT2D eigenvalue weighted by atomic mass is 32.1. The number of aromatic nitrogens is 2. The van der Waals surface area contributed by atoms with Crippen molar-refractivity contribution in [3.63, 3.8) is 0 Å². The van der Waals surface area contributed by atoms with Crippen LogP contribution in [0.15, 0.2) is 48.5 Å². The minimum atomic E-state index is 1.03. The molecule has 0 fully saturated rings. The number of fused-ring (bicyclic) bond motifs is 6. The van der Waals surface area contributed by atoms with E-state index in [9.17, 15) is 0 Å². The van der Waals surface area contributed by atoms with Crippen molar-refractivity contribution in [1.29, 1.82) is 0 Å². The number of thiophene rings is 2. The fraction of sp³-hybridized carbons (Fsp3) is 0. The molecule has 0 unspecified atom stereocenters. The van der Waals surface area contributed by atoms with Gasteiger partial charge >= 0.3 is 0 Å². The van der Waals surface area contributed by atoms with E-state index in [1.54, 1.807) is 22.7 Å². The summed E-state index contributed by atoms with van der Waals surface area (Å²) in [4.78, 5) is 11.8. The van der Waals surface area contributed by atoms with E-state index in [0.29, 0.717) is 0 Å². The van der Waals surface area contributed by atoms with E-state index in [-0.39, 0.29) is 0 Å². The van der Waals surface area contributed by atoms with Crippen LogP contribution in [0.2, 0.25) is 0 Å². The van der Waals surface area contributed by atoms with Crippen molar-refractivity contribution in [3.05, 3.63) is 48.5 Å². The van der Waals surface area contributed by atoms with Gasteiger partial charge in [0.25, 0.3) is 0 Å². The molecule has 20 heavy (non-hydrogen) atoms. The van der Waals surface area contributed by atoms with Crippen LogP contribution in [-0.2, 0) is 0 Å². The van der Waals surface area contributed by atoms with Crippen molar-refractivity contribution in [1.82, 2.24) is 9.97 Å². The Labute approximate surface area is 122 Å². The van der Waals surface area contributed by atoms with Crippen LogP contribution in [-0.4, -0.2) is 9.97 Å². The number of benzene rings is 2. The molecule has 3 heterocycles. The van der Waals surface area contributed by atoms with Gasteiger partial charge in [-0.1, -0.05) is 36.4 Å². The van der Waals surface area contributed by atoms with Gasteiger partial charge in [0.05, 0.1) is 0 Å². The lowest BCUT2D eigenvalue weighted by Crippen LogP contribution is -1.79. The van der Waals surface area contributed by atoms with Gasteiger partial charge in [0.1, 0.15) is 20.7 Å². The molecule has 0 aliphatic heterocycles. The molecule has 0 radical (unpaired) electrons. The van der Waals surface area contributed by atoms with E-state index in [2.05, 4.69) is 48.5 Å². The molecule has 0 amide bonds. The van der Waals surface area contributed by atoms with Crippen LogP contribution in [0.3, 0.4) is 0 Å². The third-order valence-electron chi connectivity index (χ3n) is 3.53. The van der Waals surface area contributed by atoms with Gasteiger partial charge in [-0.05, 0) is 12.1 Å². The maximum atomic E-state index is 4.87. The van der Waals surface area contributed by atoms with Crippen molar-refractivity contribution in [2.24, 2.45) is 0 Å². The molecular weight excluding hydrogens is 284 g/mol. The van der Waals surface area contributed by atoms with Crippen molar-refractivity contribution in [3.8, 4) is 0 Å². The van der Waals surface area contributed by atoms with E-state index in [1.807, 2.05) is 0 Å². The fourth-order valence-corrected chi connectivity index (χ4v) is 4.65. The summed E-state index contributed by atoms with van der Waals surface area (Å²) in [5.41, 5.74) is 2.06.